The smallest absolute Gasteiger partial charge is 0.252 e. The molecule has 3 aromatic heterocycles. The second-order valence-corrected chi connectivity index (χ2v) is 8.51. The summed E-state index contributed by atoms with van der Waals surface area (Å²) in [4.78, 5) is 26.0. The highest BCUT2D eigenvalue weighted by molar-refractivity contribution is 5.88. The summed E-state index contributed by atoms with van der Waals surface area (Å²) in [5.41, 5.74) is 3.90. The van der Waals surface area contributed by atoms with E-state index in [0.717, 1.165) is 16.9 Å². The molecule has 8 nitrogen and oxygen atoms in total. The van der Waals surface area contributed by atoms with Crippen LogP contribution in [0.3, 0.4) is 0 Å². The number of oxazole rings is 1. The van der Waals surface area contributed by atoms with Crippen molar-refractivity contribution in [2.24, 2.45) is 7.05 Å². The van der Waals surface area contributed by atoms with Crippen molar-refractivity contribution < 1.29 is 8.81 Å². The van der Waals surface area contributed by atoms with Crippen molar-refractivity contribution in [3.05, 3.63) is 88.2 Å². The first-order valence-electron chi connectivity index (χ1n) is 11.0. The van der Waals surface area contributed by atoms with Gasteiger partial charge in [-0.1, -0.05) is 12.1 Å². The van der Waals surface area contributed by atoms with Crippen LogP contribution in [0.1, 0.15) is 29.9 Å². The SMILES string of the molecule is C[C@H]1CN(C(c2ccc(F)cc2)c2cocn2)CCN1c1cc(=O)n(C)c2ccc(C#N)nc12. The number of halogens is 1. The molecule has 1 aromatic carbocycles. The lowest BCUT2D eigenvalue weighted by atomic mass is 10.00. The van der Waals surface area contributed by atoms with E-state index in [2.05, 4.69) is 32.8 Å². The molecule has 0 N–H and O–H groups in total. The summed E-state index contributed by atoms with van der Waals surface area (Å²) in [5.74, 6) is -0.289. The van der Waals surface area contributed by atoms with Crippen LogP contribution in [-0.2, 0) is 7.05 Å². The van der Waals surface area contributed by atoms with Gasteiger partial charge < -0.3 is 13.9 Å². The fourth-order valence-corrected chi connectivity index (χ4v) is 4.74. The number of benzene rings is 1. The average Bonchev–Trinajstić information content (AvgIpc) is 3.37. The average molecular weight is 458 g/mol. The Hall–Kier alpha value is -4.03. The van der Waals surface area contributed by atoms with Gasteiger partial charge in [-0.2, -0.15) is 5.26 Å². The Morgan fingerprint density at radius 2 is 2.00 bits per heavy atom. The van der Waals surface area contributed by atoms with Crippen LogP contribution in [0.2, 0.25) is 0 Å². The van der Waals surface area contributed by atoms with E-state index in [-0.39, 0.29) is 23.5 Å². The van der Waals surface area contributed by atoms with Crippen LogP contribution >= 0.6 is 0 Å². The molecule has 34 heavy (non-hydrogen) atoms. The van der Waals surface area contributed by atoms with Gasteiger partial charge in [0, 0.05) is 38.8 Å². The lowest BCUT2D eigenvalue weighted by Gasteiger charge is -2.44. The molecule has 2 atom stereocenters. The molecule has 5 rings (SSSR count). The number of fused-ring (bicyclic) bond motifs is 1. The molecule has 1 saturated heterocycles. The van der Waals surface area contributed by atoms with E-state index >= 15 is 0 Å². The molecule has 0 aliphatic carbocycles. The zero-order chi connectivity index (χ0) is 23.8. The fourth-order valence-electron chi connectivity index (χ4n) is 4.74. The van der Waals surface area contributed by atoms with Gasteiger partial charge in [0.2, 0.25) is 0 Å². The van der Waals surface area contributed by atoms with Crippen molar-refractivity contribution in [2.45, 2.75) is 19.0 Å². The van der Waals surface area contributed by atoms with Crippen LogP contribution in [0.4, 0.5) is 10.1 Å². The highest BCUT2D eigenvalue weighted by Gasteiger charge is 2.32. The van der Waals surface area contributed by atoms with Gasteiger partial charge >= 0.3 is 0 Å². The van der Waals surface area contributed by atoms with E-state index in [9.17, 15) is 14.4 Å². The first-order valence-corrected chi connectivity index (χ1v) is 11.0. The number of nitrogens with zero attached hydrogens (tertiary/aromatic N) is 6. The summed E-state index contributed by atoms with van der Waals surface area (Å²) < 4.78 is 20.4. The number of anilines is 1. The van der Waals surface area contributed by atoms with E-state index in [4.69, 9.17) is 4.42 Å². The highest BCUT2D eigenvalue weighted by atomic mass is 19.1. The van der Waals surface area contributed by atoms with Crippen molar-refractivity contribution in [1.29, 1.82) is 5.26 Å². The number of aromatic nitrogens is 3. The standard InChI is InChI=1S/C25H23FN6O2/c1-16-13-31(25(20-14-34-15-28-20)17-3-5-18(26)6-4-17)9-10-32(16)22-11-23(33)30(2)21-8-7-19(12-27)29-24(21)22/h3-8,11,14-16,25H,9-10,13H2,1-2H3/t16-,25?/m0/s1. The monoisotopic (exact) mass is 458 g/mol. The van der Waals surface area contributed by atoms with Gasteiger partial charge in [0.05, 0.1) is 17.2 Å². The molecular formula is C25H23FN6O2. The lowest BCUT2D eigenvalue weighted by Crippen LogP contribution is -2.53. The maximum absolute atomic E-state index is 13.6. The zero-order valence-corrected chi connectivity index (χ0v) is 18.8. The molecule has 0 bridgehead atoms. The van der Waals surface area contributed by atoms with Crippen LogP contribution in [0.25, 0.3) is 11.0 Å². The third kappa shape index (κ3) is 3.82. The third-order valence-corrected chi connectivity index (χ3v) is 6.43. The first-order chi connectivity index (χ1) is 16.5. The molecule has 4 heterocycles. The number of hydrogen-bond acceptors (Lipinski definition) is 7. The van der Waals surface area contributed by atoms with E-state index in [0.29, 0.717) is 36.4 Å². The molecule has 1 aliphatic heterocycles. The number of pyridine rings is 2. The minimum atomic E-state index is -0.289. The maximum atomic E-state index is 13.6. The summed E-state index contributed by atoms with van der Waals surface area (Å²) in [6.45, 7) is 4.07. The van der Waals surface area contributed by atoms with E-state index in [1.54, 1.807) is 48.2 Å². The Morgan fingerprint density at radius 3 is 2.68 bits per heavy atom. The molecule has 9 heteroatoms. The predicted octanol–water partition coefficient (Wildman–Crippen LogP) is 3.23. The van der Waals surface area contributed by atoms with Crippen molar-refractivity contribution in [2.75, 3.05) is 24.5 Å². The Bertz CT molecular complexity index is 1430. The fraction of sp³-hybridized carbons (Fsp3) is 0.280. The van der Waals surface area contributed by atoms with Crippen LogP contribution in [0, 0.1) is 17.1 Å². The summed E-state index contributed by atoms with van der Waals surface area (Å²) in [6.07, 6.45) is 3.02. The van der Waals surface area contributed by atoms with Gasteiger partial charge in [0.25, 0.3) is 5.56 Å². The highest BCUT2D eigenvalue weighted by Crippen LogP contribution is 2.33. The maximum Gasteiger partial charge on any atom is 0.252 e. The van der Waals surface area contributed by atoms with Gasteiger partial charge in [0.1, 0.15) is 35.1 Å². The summed E-state index contributed by atoms with van der Waals surface area (Å²) in [5, 5.41) is 9.35. The molecule has 1 fully saturated rings. The molecule has 1 unspecified atom stereocenters. The first kappa shape index (κ1) is 21.8. The summed E-state index contributed by atoms with van der Waals surface area (Å²) in [6, 6.07) is 13.4. The second kappa shape index (κ2) is 8.72. The Morgan fingerprint density at radius 1 is 1.21 bits per heavy atom. The van der Waals surface area contributed by atoms with Crippen LogP contribution in [0.5, 0.6) is 0 Å². The van der Waals surface area contributed by atoms with E-state index < -0.39 is 0 Å². The van der Waals surface area contributed by atoms with Gasteiger partial charge in [0.15, 0.2) is 6.39 Å². The second-order valence-electron chi connectivity index (χ2n) is 8.51. The molecule has 172 valence electrons. The van der Waals surface area contributed by atoms with Gasteiger partial charge in [-0.25, -0.2) is 14.4 Å². The number of aryl methyl sites for hydroxylation is 1. The Labute approximate surface area is 195 Å². The van der Waals surface area contributed by atoms with Crippen molar-refractivity contribution in [3.8, 4) is 6.07 Å². The number of hydrogen-bond donors (Lipinski definition) is 0. The van der Waals surface area contributed by atoms with Gasteiger partial charge in [-0.3, -0.25) is 9.69 Å². The van der Waals surface area contributed by atoms with E-state index in [1.165, 1.54) is 18.5 Å². The van der Waals surface area contributed by atoms with E-state index in [1.807, 2.05) is 0 Å². The molecule has 4 aromatic rings. The summed E-state index contributed by atoms with van der Waals surface area (Å²) in [7, 11) is 1.70. The molecule has 1 aliphatic rings. The molecule has 0 spiro atoms. The molecule has 0 saturated carbocycles. The zero-order valence-electron chi connectivity index (χ0n) is 18.8. The van der Waals surface area contributed by atoms with Gasteiger partial charge in [-0.15, -0.1) is 0 Å². The summed E-state index contributed by atoms with van der Waals surface area (Å²) >= 11 is 0. The Balaban J connectivity index is 1.50. The van der Waals surface area contributed by atoms with Crippen molar-refractivity contribution >= 4 is 16.7 Å². The Kier molecular flexibility index (Phi) is 5.59. The lowest BCUT2D eigenvalue weighted by molar-refractivity contribution is 0.185. The quantitative estimate of drug-likeness (QED) is 0.464. The number of nitriles is 1. The number of piperazine rings is 1. The van der Waals surface area contributed by atoms with Crippen molar-refractivity contribution in [1.82, 2.24) is 19.4 Å². The minimum absolute atomic E-state index is 0.0337. The third-order valence-electron chi connectivity index (χ3n) is 6.43. The van der Waals surface area contributed by atoms with Gasteiger partial charge in [-0.05, 0) is 36.8 Å². The predicted molar refractivity (Wildman–Crippen MR) is 125 cm³/mol. The largest absolute Gasteiger partial charge is 0.451 e. The van der Waals surface area contributed by atoms with Crippen LogP contribution in [-0.4, -0.2) is 45.1 Å². The minimum Gasteiger partial charge on any atom is -0.451 e. The molecule has 0 amide bonds. The molecule has 0 radical (unpaired) electrons. The van der Waals surface area contributed by atoms with Crippen LogP contribution < -0.4 is 10.5 Å². The van der Waals surface area contributed by atoms with Crippen LogP contribution in [0.15, 0.2) is 64.3 Å². The topological polar surface area (TPSA) is 91.2 Å². The van der Waals surface area contributed by atoms with Crippen molar-refractivity contribution in [3.63, 3.8) is 0 Å². The number of rotatable bonds is 4. The molecular weight excluding hydrogens is 435 g/mol. The normalized spacial score (nSPS) is 17.6.